The van der Waals surface area contributed by atoms with Crippen molar-refractivity contribution in [1.29, 1.82) is 0 Å². The summed E-state index contributed by atoms with van der Waals surface area (Å²) in [4.78, 5) is 11.1. The van der Waals surface area contributed by atoms with Crippen LogP contribution in [0, 0.1) is 13.8 Å². The van der Waals surface area contributed by atoms with E-state index in [1.807, 2.05) is 0 Å². The molecule has 0 aliphatic carbocycles. The van der Waals surface area contributed by atoms with Crippen LogP contribution >= 0.6 is 0 Å². The van der Waals surface area contributed by atoms with E-state index < -0.39 is 16.0 Å². The van der Waals surface area contributed by atoms with E-state index in [4.69, 9.17) is 4.74 Å². The van der Waals surface area contributed by atoms with Gasteiger partial charge in [0.2, 0.25) is 0 Å². The molecular weight excluding hydrogens is 322 g/mol. The van der Waals surface area contributed by atoms with Crippen LogP contribution in [-0.4, -0.2) is 36.4 Å². The summed E-state index contributed by atoms with van der Waals surface area (Å²) in [5, 5.41) is 13.1. The monoisotopic (exact) mass is 339 g/mol. The fourth-order valence-corrected chi connectivity index (χ4v) is 3.54. The van der Waals surface area contributed by atoms with E-state index in [9.17, 15) is 18.3 Å². The summed E-state index contributed by atoms with van der Waals surface area (Å²) in [5.41, 5.74) is 1.05. The van der Waals surface area contributed by atoms with E-state index in [0.717, 1.165) is 6.07 Å². The van der Waals surface area contributed by atoms with Gasteiger partial charge < -0.3 is 9.84 Å². The highest BCUT2D eigenvalue weighted by molar-refractivity contribution is 7.92. The number of carboxylic acids is 1. The van der Waals surface area contributed by atoms with Crippen LogP contribution in [0.15, 0.2) is 23.2 Å². The Hall–Kier alpha value is -2.55. The van der Waals surface area contributed by atoms with Gasteiger partial charge in [-0.15, -0.1) is 5.10 Å². The molecule has 9 heteroatoms. The predicted octanol–water partition coefficient (Wildman–Crippen LogP) is 1.54. The van der Waals surface area contributed by atoms with Gasteiger partial charge >= 0.3 is 5.97 Å². The number of carboxylic acid groups (broad SMARTS) is 1. The van der Waals surface area contributed by atoms with E-state index in [2.05, 4.69) is 9.82 Å². The van der Waals surface area contributed by atoms with Crippen molar-refractivity contribution in [3.05, 3.63) is 35.0 Å². The molecule has 0 saturated carbocycles. The topological polar surface area (TPSA) is 111 Å². The average Bonchev–Trinajstić information content (AvgIpc) is 2.77. The predicted molar refractivity (Wildman–Crippen MR) is 83.4 cm³/mol. The van der Waals surface area contributed by atoms with Gasteiger partial charge in [-0.2, -0.15) is 0 Å². The van der Waals surface area contributed by atoms with Crippen LogP contribution in [0.1, 0.15) is 21.5 Å². The molecule has 0 aliphatic heterocycles. The Kier molecular flexibility index (Phi) is 4.33. The summed E-state index contributed by atoms with van der Waals surface area (Å²) in [5.74, 6) is -1.06. The number of aromatic carboxylic acids is 1. The largest absolute Gasteiger partial charge is 0.478 e. The van der Waals surface area contributed by atoms with Crippen LogP contribution in [0.2, 0.25) is 0 Å². The van der Waals surface area contributed by atoms with Gasteiger partial charge in [-0.25, -0.2) is 13.2 Å². The maximum Gasteiger partial charge on any atom is 0.335 e. The molecule has 124 valence electrons. The first-order valence-corrected chi connectivity index (χ1v) is 8.09. The number of hydrogen-bond donors (Lipinski definition) is 2. The molecular formula is C14H17N3O5S. The smallest absolute Gasteiger partial charge is 0.335 e. The minimum absolute atomic E-state index is 0.0610. The van der Waals surface area contributed by atoms with Gasteiger partial charge in [-0.1, -0.05) is 6.07 Å². The van der Waals surface area contributed by atoms with Crippen LogP contribution < -0.4 is 9.46 Å². The molecule has 0 atom stereocenters. The third-order valence-electron chi connectivity index (χ3n) is 3.27. The van der Waals surface area contributed by atoms with Crippen molar-refractivity contribution in [2.24, 2.45) is 7.05 Å². The van der Waals surface area contributed by atoms with Crippen molar-refractivity contribution in [1.82, 2.24) is 9.78 Å². The van der Waals surface area contributed by atoms with Gasteiger partial charge in [0.05, 0.1) is 23.8 Å². The molecule has 0 fully saturated rings. The third-order valence-corrected chi connectivity index (χ3v) is 4.78. The average molecular weight is 339 g/mol. The Morgan fingerprint density at radius 3 is 2.52 bits per heavy atom. The number of nitrogens with zero attached hydrogens (tertiary/aromatic N) is 2. The number of anilines is 1. The van der Waals surface area contributed by atoms with Gasteiger partial charge in [0, 0.05) is 7.05 Å². The second kappa shape index (κ2) is 5.92. The number of benzene rings is 1. The number of sulfonamides is 1. The summed E-state index contributed by atoms with van der Waals surface area (Å²) < 4.78 is 34.0. The number of ether oxygens (including phenoxy) is 1. The van der Waals surface area contributed by atoms with E-state index in [0.29, 0.717) is 11.1 Å². The lowest BCUT2D eigenvalue weighted by atomic mass is 10.1. The second-order valence-corrected chi connectivity index (χ2v) is 6.72. The van der Waals surface area contributed by atoms with Crippen molar-refractivity contribution in [3.8, 4) is 5.88 Å². The first kappa shape index (κ1) is 16.8. The lowest BCUT2D eigenvalue weighted by Crippen LogP contribution is -2.16. The SMILES string of the molecule is COc1nn(C)cc1NS(=O)(=O)c1cc(C(=O)O)c(C)cc1C. The Morgan fingerprint density at radius 2 is 1.96 bits per heavy atom. The van der Waals surface area contributed by atoms with Crippen molar-refractivity contribution in [3.63, 3.8) is 0 Å². The maximum atomic E-state index is 12.6. The normalized spacial score (nSPS) is 11.3. The van der Waals surface area contributed by atoms with Crippen LogP contribution in [0.3, 0.4) is 0 Å². The lowest BCUT2D eigenvalue weighted by molar-refractivity contribution is 0.0696. The van der Waals surface area contributed by atoms with Crippen molar-refractivity contribution >= 4 is 21.7 Å². The molecule has 1 aromatic heterocycles. The Labute approximate surface area is 133 Å². The zero-order chi connectivity index (χ0) is 17.4. The zero-order valence-corrected chi connectivity index (χ0v) is 13.9. The van der Waals surface area contributed by atoms with Crippen LogP contribution in [0.25, 0.3) is 0 Å². The summed E-state index contributed by atoms with van der Waals surface area (Å²) in [6.45, 7) is 3.22. The van der Waals surface area contributed by atoms with Crippen molar-refractivity contribution in [2.75, 3.05) is 11.8 Å². The summed E-state index contributed by atoms with van der Waals surface area (Å²) in [6.07, 6.45) is 1.46. The summed E-state index contributed by atoms with van der Waals surface area (Å²) in [7, 11) is -0.983. The molecule has 2 N–H and O–H groups in total. The molecule has 1 heterocycles. The van der Waals surface area contributed by atoms with E-state index in [1.165, 1.54) is 24.1 Å². The molecule has 1 aromatic carbocycles. The van der Waals surface area contributed by atoms with E-state index >= 15 is 0 Å². The number of methoxy groups -OCH3 is 1. The fraction of sp³-hybridized carbons (Fsp3) is 0.286. The minimum atomic E-state index is -3.98. The molecule has 0 amide bonds. The Balaban J connectivity index is 2.51. The highest BCUT2D eigenvalue weighted by atomic mass is 32.2. The Bertz CT molecular complexity index is 871. The van der Waals surface area contributed by atoms with Crippen LogP contribution in [0.5, 0.6) is 5.88 Å². The lowest BCUT2D eigenvalue weighted by Gasteiger charge is -2.12. The zero-order valence-electron chi connectivity index (χ0n) is 13.1. The first-order chi connectivity index (χ1) is 10.7. The number of aryl methyl sites for hydroxylation is 3. The number of nitrogens with one attached hydrogen (secondary N) is 1. The number of aromatic nitrogens is 2. The van der Waals surface area contributed by atoms with Gasteiger partial charge in [-0.05, 0) is 31.0 Å². The fourth-order valence-electron chi connectivity index (χ4n) is 2.24. The van der Waals surface area contributed by atoms with Crippen molar-refractivity contribution in [2.45, 2.75) is 18.7 Å². The number of hydrogen-bond acceptors (Lipinski definition) is 5. The number of carbonyl (C=O) groups is 1. The van der Waals surface area contributed by atoms with Gasteiger partial charge in [0.1, 0.15) is 5.69 Å². The number of rotatable bonds is 5. The molecule has 2 aromatic rings. The Morgan fingerprint density at radius 1 is 1.30 bits per heavy atom. The van der Waals surface area contributed by atoms with Gasteiger partial charge in [0.15, 0.2) is 0 Å². The van der Waals surface area contributed by atoms with Gasteiger partial charge in [0.25, 0.3) is 15.9 Å². The van der Waals surface area contributed by atoms with Gasteiger partial charge in [-0.3, -0.25) is 9.40 Å². The highest BCUT2D eigenvalue weighted by Crippen LogP contribution is 2.27. The third kappa shape index (κ3) is 3.29. The maximum absolute atomic E-state index is 12.6. The van der Waals surface area contributed by atoms with E-state index in [1.54, 1.807) is 20.9 Å². The second-order valence-electron chi connectivity index (χ2n) is 5.07. The van der Waals surface area contributed by atoms with Crippen molar-refractivity contribution < 1.29 is 23.1 Å². The standard InChI is InChI=1S/C14H17N3O5S/c1-8-5-9(2)12(6-10(8)14(18)19)23(20,21)16-11-7-17(3)15-13(11)22-4/h5-7,16H,1-4H3,(H,18,19). The van der Waals surface area contributed by atoms with Crippen LogP contribution in [0.4, 0.5) is 5.69 Å². The molecule has 23 heavy (non-hydrogen) atoms. The molecule has 8 nitrogen and oxygen atoms in total. The molecule has 2 rings (SSSR count). The summed E-state index contributed by atoms with van der Waals surface area (Å²) in [6, 6.07) is 2.68. The molecule has 0 aliphatic rings. The minimum Gasteiger partial charge on any atom is -0.478 e. The quantitative estimate of drug-likeness (QED) is 0.855. The first-order valence-electron chi connectivity index (χ1n) is 6.60. The summed E-state index contributed by atoms with van der Waals surface area (Å²) >= 11 is 0. The van der Waals surface area contributed by atoms with Crippen LogP contribution in [-0.2, 0) is 17.1 Å². The molecule has 0 radical (unpaired) electrons. The molecule has 0 bridgehead atoms. The molecule has 0 spiro atoms. The molecule has 0 saturated heterocycles. The van der Waals surface area contributed by atoms with E-state index in [-0.39, 0.29) is 22.0 Å². The highest BCUT2D eigenvalue weighted by Gasteiger charge is 2.23. The molecule has 0 unspecified atom stereocenters.